The minimum atomic E-state index is -0.309. The Bertz CT molecular complexity index is 878. The number of para-hydroxylation sites is 2. The molecule has 0 bridgehead atoms. The van der Waals surface area contributed by atoms with Gasteiger partial charge in [0.25, 0.3) is 0 Å². The van der Waals surface area contributed by atoms with Crippen molar-refractivity contribution in [3.63, 3.8) is 0 Å². The van der Waals surface area contributed by atoms with Gasteiger partial charge in [-0.25, -0.2) is 14.4 Å². The lowest BCUT2D eigenvalue weighted by Gasteiger charge is -2.01. The van der Waals surface area contributed by atoms with E-state index in [1.807, 2.05) is 38.1 Å². The second-order valence-electron chi connectivity index (χ2n) is 5.19. The summed E-state index contributed by atoms with van der Waals surface area (Å²) >= 11 is 0. The molecule has 1 heterocycles. The van der Waals surface area contributed by atoms with Crippen LogP contribution in [-0.4, -0.2) is 9.97 Å². The van der Waals surface area contributed by atoms with E-state index in [1.165, 1.54) is 6.07 Å². The van der Waals surface area contributed by atoms with Crippen LogP contribution in [0.25, 0.3) is 11.0 Å². The van der Waals surface area contributed by atoms with Crippen LogP contribution < -0.4 is 5.36 Å². The third-order valence-electron chi connectivity index (χ3n) is 3.48. The molecule has 0 spiro atoms. The van der Waals surface area contributed by atoms with Crippen molar-refractivity contribution in [2.75, 3.05) is 0 Å². The summed E-state index contributed by atoms with van der Waals surface area (Å²) in [6, 6.07) is 14.1. The first-order valence-corrected chi connectivity index (χ1v) is 7.29. The fourth-order valence-electron chi connectivity index (χ4n) is 2.30. The normalized spacial score (nSPS) is 10.6. The highest BCUT2D eigenvalue weighted by Crippen LogP contribution is 2.08. The third kappa shape index (κ3) is 3.34. The van der Waals surface area contributed by atoms with E-state index in [2.05, 4.69) is 15.1 Å². The Morgan fingerprint density at radius 1 is 0.913 bits per heavy atom. The molecule has 1 aromatic heterocycles. The average molecular weight is 309 g/mol. The first kappa shape index (κ1) is 15.1. The van der Waals surface area contributed by atoms with Crippen molar-refractivity contribution in [2.45, 2.75) is 20.5 Å². The van der Waals surface area contributed by atoms with Crippen molar-refractivity contribution in [1.82, 2.24) is 9.97 Å². The zero-order valence-corrected chi connectivity index (χ0v) is 13.0. The lowest BCUT2D eigenvalue weighted by atomic mass is 10.2. The molecule has 3 aromatic rings. The zero-order chi connectivity index (χ0) is 16.2. The van der Waals surface area contributed by atoms with Crippen LogP contribution in [0.3, 0.4) is 0 Å². The molecule has 0 saturated heterocycles. The number of rotatable bonds is 3. The Hall–Kier alpha value is -2.82. The van der Waals surface area contributed by atoms with Gasteiger partial charge in [-0.15, -0.1) is 0 Å². The molecular weight excluding hydrogens is 293 g/mol. The topological polar surface area (TPSA) is 47.4 Å². The zero-order valence-electron chi connectivity index (χ0n) is 13.0. The summed E-state index contributed by atoms with van der Waals surface area (Å²) in [6.45, 7) is 3.77. The molecule has 0 N–H and O–H groups in total. The average Bonchev–Trinajstić information content (AvgIpc) is 2.66. The number of halogens is 1. The van der Waals surface area contributed by atoms with Crippen LogP contribution in [0.4, 0.5) is 4.39 Å². The van der Waals surface area contributed by atoms with Crippen LogP contribution in [0.1, 0.15) is 17.0 Å². The molecule has 4 nitrogen and oxygen atoms in total. The molecule has 0 amide bonds. The maximum absolute atomic E-state index is 13.6. The molecule has 2 aromatic carbocycles. The van der Waals surface area contributed by atoms with Crippen LogP contribution in [0.2, 0.25) is 0 Å². The van der Waals surface area contributed by atoms with Crippen LogP contribution in [-0.2, 0) is 11.4 Å². The van der Waals surface area contributed by atoms with E-state index in [4.69, 9.17) is 4.84 Å². The van der Waals surface area contributed by atoms with Gasteiger partial charge in [0.1, 0.15) is 17.8 Å². The summed E-state index contributed by atoms with van der Waals surface area (Å²) in [5.41, 5.74) is 3.47. The SMILES string of the molecule is Cc1nc2ccccc2nc(C)c1=NOCc1ccccc1F. The minimum Gasteiger partial charge on any atom is -0.390 e. The maximum atomic E-state index is 13.6. The first-order valence-electron chi connectivity index (χ1n) is 7.29. The van der Waals surface area contributed by atoms with Gasteiger partial charge in [0.15, 0.2) is 0 Å². The van der Waals surface area contributed by atoms with Gasteiger partial charge >= 0.3 is 0 Å². The highest BCUT2D eigenvalue weighted by Gasteiger charge is 2.03. The Morgan fingerprint density at radius 2 is 1.48 bits per heavy atom. The monoisotopic (exact) mass is 309 g/mol. The Labute approximate surface area is 133 Å². The molecule has 0 aliphatic heterocycles. The predicted molar refractivity (Wildman–Crippen MR) is 85.8 cm³/mol. The van der Waals surface area contributed by atoms with Gasteiger partial charge in [0.05, 0.1) is 22.4 Å². The van der Waals surface area contributed by atoms with Crippen molar-refractivity contribution < 1.29 is 9.23 Å². The van der Waals surface area contributed by atoms with Crippen LogP contribution >= 0.6 is 0 Å². The number of nitrogens with zero attached hydrogens (tertiary/aromatic N) is 3. The fraction of sp³-hybridized carbons (Fsp3) is 0.167. The molecule has 3 rings (SSSR count). The minimum absolute atomic E-state index is 0.0592. The maximum Gasteiger partial charge on any atom is 0.145 e. The van der Waals surface area contributed by atoms with E-state index in [0.717, 1.165) is 11.0 Å². The highest BCUT2D eigenvalue weighted by molar-refractivity contribution is 5.73. The van der Waals surface area contributed by atoms with Crippen LogP contribution in [0, 0.1) is 19.7 Å². The summed E-state index contributed by atoms with van der Waals surface area (Å²) in [5, 5.41) is 4.68. The number of aryl methyl sites for hydroxylation is 2. The molecule has 23 heavy (non-hydrogen) atoms. The van der Waals surface area contributed by atoms with Crippen molar-refractivity contribution in [3.05, 3.63) is 76.7 Å². The lowest BCUT2D eigenvalue weighted by Crippen LogP contribution is -2.12. The van der Waals surface area contributed by atoms with Gasteiger partial charge in [0, 0.05) is 5.56 Å². The van der Waals surface area contributed by atoms with Gasteiger partial charge in [-0.2, -0.15) is 0 Å². The smallest absolute Gasteiger partial charge is 0.145 e. The standard InChI is InChI=1S/C18H16FN3O/c1-12-18(22-23-11-14-7-3-4-8-15(14)19)13(2)21-17-10-6-5-9-16(17)20-12/h3-10H,11H2,1-2H3. The quantitative estimate of drug-likeness (QED) is 0.697. The molecule has 0 radical (unpaired) electrons. The second-order valence-corrected chi connectivity index (χ2v) is 5.19. The van der Waals surface area contributed by atoms with E-state index in [1.54, 1.807) is 18.2 Å². The molecule has 116 valence electrons. The Kier molecular flexibility index (Phi) is 4.28. The van der Waals surface area contributed by atoms with E-state index in [-0.39, 0.29) is 12.4 Å². The number of hydrogen-bond donors (Lipinski definition) is 0. The Morgan fingerprint density at radius 3 is 2.09 bits per heavy atom. The van der Waals surface area contributed by atoms with Crippen molar-refractivity contribution in [3.8, 4) is 0 Å². The first-order chi connectivity index (χ1) is 11.1. The van der Waals surface area contributed by atoms with Crippen LogP contribution in [0.15, 0.2) is 53.7 Å². The summed E-state index contributed by atoms with van der Waals surface area (Å²) < 4.78 is 13.6. The molecule has 0 aliphatic rings. The lowest BCUT2D eigenvalue weighted by molar-refractivity contribution is 0.117. The number of hydrogen-bond acceptors (Lipinski definition) is 4. The molecule has 0 atom stereocenters. The highest BCUT2D eigenvalue weighted by atomic mass is 19.1. The number of aromatic nitrogens is 2. The summed E-state index contributed by atoms with van der Waals surface area (Å²) in [7, 11) is 0. The van der Waals surface area contributed by atoms with E-state index in [0.29, 0.717) is 22.3 Å². The van der Waals surface area contributed by atoms with Crippen molar-refractivity contribution in [1.29, 1.82) is 0 Å². The van der Waals surface area contributed by atoms with Gasteiger partial charge in [-0.05, 0) is 32.0 Å². The van der Waals surface area contributed by atoms with Crippen molar-refractivity contribution >= 4 is 11.0 Å². The number of benzene rings is 2. The summed E-state index contributed by atoms with van der Waals surface area (Å²) in [5.74, 6) is -0.309. The third-order valence-corrected chi connectivity index (χ3v) is 3.48. The predicted octanol–water partition coefficient (Wildman–Crippen LogP) is 3.42. The largest absolute Gasteiger partial charge is 0.390 e. The summed E-state index contributed by atoms with van der Waals surface area (Å²) in [4.78, 5) is 14.4. The summed E-state index contributed by atoms with van der Waals surface area (Å²) in [6.07, 6.45) is 0. The second kappa shape index (κ2) is 6.52. The van der Waals surface area contributed by atoms with E-state index in [9.17, 15) is 4.39 Å². The Balaban J connectivity index is 1.97. The molecule has 0 aliphatic carbocycles. The van der Waals surface area contributed by atoms with E-state index >= 15 is 0 Å². The van der Waals surface area contributed by atoms with Crippen LogP contribution in [0.5, 0.6) is 0 Å². The molecule has 0 unspecified atom stereocenters. The molecule has 0 fully saturated rings. The number of fused-ring (bicyclic) bond motifs is 1. The van der Waals surface area contributed by atoms with Gasteiger partial charge in [0.2, 0.25) is 0 Å². The van der Waals surface area contributed by atoms with Gasteiger partial charge in [-0.3, -0.25) is 0 Å². The van der Waals surface area contributed by atoms with Gasteiger partial charge < -0.3 is 4.84 Å². The molecular formula is C18H16FN3O. The van der Waals surface area contributed by atoms with Gasteiger partial charge in [-0.1, -0.05) is 35.5 Å². The van der Waals surface area contributed by atoms with Crippen molar-refractivity contribution in [2.24, 2.45) is 5.16 Å². The fourth-order valence-corrected chi connectivity index (χ4v) is 2.30. The molecule has 0 saturated carbocycles. The molecule has 5 heteroatoms. The van der Waals surface area contributed by atoms with E-state index < -0.39 is 0 Å².